The minimum Gasteiger partial charge on any atom is -0.381 e. The van der Waals surface area contributed by atoms with Gasteiger partial charge in [-0.15, -0.1) is 0 Å². The molecule has 1 atom stereocenters. The average molecular weight is 363 g/mol. The van der Waals surface area contributed by atoms with E-state index in [9.17, 15) is 4.79 Å². The van der Waals surface area contributed by atoms with E-state index in [2.05, 4.69) is 35.7 Å². The van der Waals surface area contributed by atoms with Crippen molar-refractivity contribution in [2.75, 3.05) is 52.5 Å². The van der Waals surface area contributed by atoms with E-state index in [0.717, 1.165) is 51.6 Å². The average Bonchev–Trinajstić information content (AvgIpc) is 2.62. The third-order valence-electron chi connectivity index (χ3n) is 5.50. The Morgan fingerprint density at radius 2 is 1.85 bits per heavy atom. The van der Waals surface area contributed by atoms with E-state index in [1.54, 1.807) is 10.7 Å². The Labute approximate surface area is 157 Å². The summed E-state index contributed by atoms with van der Waals surface area (Å²) in [7, 11) is 0. The predicted octanol–water partition coefficient (Wildman–Crippen LogP) is 1.59. The van der Waals surface area contributed by atoms with Gasteiger partial charge in [0.2, 0.25) is 0 Å². The maximum Gasteiger partial charge on any atom is 0.266 e. The zero-order valence-electron chi connectivity index (χ0n) is 16.6. The van der Waals surface area contributed by atoms with Gasteiger partial charge in [0.05, 0.1) is 18.8 Å². The Morgan fingerprint density at radius 3 is 2.50 bits per heavy atom. The molecular weight excluding hydrogens is 328 g/mol. The van der Waals surface area contributed by atoms with E-state index in [0.29, 0.717) is 12.5 Å². The zero-order valence-corrected chi connectivity index (χ0v) is 16.6. The molecule has 26 heavy (non-hydrogen) atoms. The summed E-state index contributed by atoms with van der Waals surface area (Å²) in [6, 6.07) is 3.50. The van der Waals surface area contributed by atoms with E-state index in [-0.39, 0.29) is 11.0 Å². The quantitative estimate of drug-likeness (QED) is 0.796. The first-order valence-electron chi connectivity index (χ1n) is 10.0. The van der Waals surface area contributed by atoms with Gasteiger partial charge in [0.15, 0.2) is 0 Å². The second-order valence-corrected chi connectivity index (χ2v) is 8.76. The van der Waals surface area contributed by atoms with Crippen LogP contribution in [0.2, 0.25) is 0 Å². The normalized spacial score (nSPS) is 23.3. The van der Waals surface area contributed by atoms with Crippen molar-refractivity contribution in [3.63, 3.8) is 0 Å². The van der Waals surface area contributed by atoms with Crippen LogP contribution in [0.5, 0.6) is 0 Å². The van der Waals surface area contributed by atoms with Crippen molar-refractivity contribution in [2.45, 2.75) is 45.6 Å². The molecule has 2 aliphatic rings. The predicted molar refractivity (Wildman–Crippen MR) is 104 cm³/mol. The van der Waals surface area contributed by atoms with Crippen molar-refractivity contribution in [3.05, 3.63) is 28.2 Å². The minimum atomic E-state index is -0.0378. The number of ether oxygens (including phenoxy) is 1. The monoisotopic (exact) mass is 362 g/mol. The van der Waals surface area contributed by atoms with Crippen LogP contribution in [-0.2, 0) is 16.7 Å². The SMILES string of the molecule is CC(C)(C)c1ccc(=O)n(CCN2CCN(CC3CCCOC3)CC2)n1. The second-order valence-electron chi connectivity index (χ2n) is 8.76. The van der Waals surface area contributed by atoms with Gasteiger partial charge < -0.3 is 9.64 Å². The van der Waals surface area contributed by atoms with E-state index >= 15 is 0 Å². The molecule has 6 nitrogen and oxygen atoms in total. The molecule has 0 saturated carbocycles. The van der Waals surface area contributed by atoms with Crippen LogP contribution in [0.15, 0.2) is 16.9 Å². The first kappa shape index (κ1) is 19.5. The van der Waals surface area contributed by atoms with Crippen LogP contribution in [0, 0.1) is 5.92 Å². The molecule has 0 amide bonds. The lowest BCUT2D eigenvalue weighted by atomic mass is 9.92. The Kier molecular flexibility index (Phi) is 6.48. The topological polar surface area (TPSA) is 50.6 Å². The molecule has 6 heteroatoms. The van der Waals surface area contributed by atoms with Gasteiger partial charge >= 0.3 is 0 Å². The third kappa shape index (κ3) is 5.38. The Balaban J connectivity index is 1.46. The van der Waals surface area contributed by atoms with Crippen molar-refractivity contribution in [1.82, 2.24) is 19.6 Å². The van der Waals surface area contributed by atoms with Crippen molar-refractivity contribution >= 4 is 0 Å². The molecule has 1 unspecified atom stereocenters. The fourth-order valence-electron chi connectivity index (χ4n) is 3.76. The standard InChI is InChI=1S/C20H34N4O2/c1-20(2,3)18-6-7-19(25)24(21-18)13-12-22-8-10-23(11-9-22)15-17-5-4-14-26-16-17/h6-7,17H,4-5,8-16H2,1-3H3. The Bertz CT molecular complexity index is 623. The molecule has 1 aromatic heterocycles. The molecule has 0 N–H and O–H groups in total. The maximum atomic E-state index is 12.1. The third-order valence-corrected chi connectivity index (χ3v) is 5.50. The van der Waals surface area contributed by atoms with Gasteiger partial charge in [-0.3, -0.25) is 9.69 Å². The first-order chi connectivity index (χ1) is 12.4. The van der Waals surface area contributed by atoms with Gasteiger partial charge in [-0.05, 0) is 24.8 Å². The van der Waals surface area contributed by atoms with Crippen LogP contribution in [-0.4, -0.2) is 72.1 Å². The van der Waals surface area contributed by atoms with E-state index in [1.165, 1.54) is 19.4 Å². The molecule has 2 saturated heterocycles. The summed E-state index contributed by atoms with van der Waals surface area (Å²) in [5.41, 5.74) is 0.926. The van der Waals surface area contributed by atoms with Crippen molar-refractivity contribution in [1.29, 1.82) is 0 Å². The molecule has 2 fully saturated rings. The molecule has 3 rings (SSSR count). The first-order valence-corrected chi connectivity index (χ1v) is 10.0. The fourth-order valence-corrected chi connectivity index (χ4v) is 3.76. The van der Waals surface area contributed by atoms with E-state index in [4.69, 9.17) is 4.74 Å². The molecule has 0 aliphatic carbocycles. The summed E-state index contributed by atoms with van der Waals surface area (Å²) < 4.78 is 7.23. The highest BCUT2D eigenvalue weighted by molar-refractivity contribution is 5.10. The van der Waals surface area contributed by atoms with Crippen LogP contribution in [0.25, 0.3) is 0 Å². The van der Waals surface area contributed by atoms with Crippen molar-refractivity contribution < 1.29 is 4.74 Å². The fraction of sp³-hybridized carbons (Fsp3) is 0.800. The number of rotatable bonds is 5. The second kappa shape index (κ2) is 8.63. The maximum absolute atomic E-state index is 12.1. The molecule has 2 aliphatic heterocycles. The molecule has 0 spiro atoms. The molecular formula is C20H34N4O2. The van der Waals surface area contributed by atoms with Crippen LogP contribution in [0.4, 0.5) is 0 Å². The van der Waals surface area contributed by atoms with E-state index < -0.39 is 0 Å². The lowest BCUT2D eigenvalue weighted by Crippen LogP contribution is -2.49. The number of hydrogen-bond acceptors (Lipinski definition) is 5. The van der Waals surface area contributed by atoms with Crippen LogP contribution in [0.1, 0.15) is 39.3 Å². The summed E-state index contributed by atoms with van der Waals surface area (Å²) in [4.78, 5) is 17.1. The van der Waals surface area contributed by atoms with Gasteiger partial charge in [-0.2, -0.15) is 5.10 Å². The van der Waals surface area contributed by atoms with Crippen molar-refractivity contribution in [3.8, 4) is 0 Å². The largest absolute Gasteiger partial charge is 0.381 e. The summed E-state index contributed by atoms with van der Waals surface area (Å²) in [5.74, 6) is 0.707. The van der Waals surface area contributed by atoms with E-state index in [1.807, 2.05) is 6.07 Å². The number of hydrogen-bond donors (Lipinski definition) is 0. The summed E-state index contributed by atoms with van der Waals surface area (Å²) in [5, 5.41) is 4.57. The summed E-state index contributed by atoms with van der Waals surface area (Å²) in [6.07, 6.45) is 2.51. The van der Waals surface area contributed by atoms with Gasteiger partial charge in [0.25, 0.3) is 5.56 Å². The van der Waals surface area contributed by atoms with Gasteiger partial charge in [-0.25, -0.2) is 4.68 Å². The summed E-state index contributed by atoms with van der Waals surface area (Å²) in [6.45, 7) is 15.3. The lowest BCUT2D eigenvalue weighted by molar-refractivity contribution is 0.0283. The molecule has 0 bridgehead atoms. The number of nitrogens with zero attached hydrogens (tertiary/aromatic N) is 4. The number of aromatic nitrogens is 2. The zero-order chi connectivity index (χ0) is 18.6. The highest BCUT2D eigenvalue weighted by Gasteiger charge is 2.22. The lowest BCUT2D eigenvalue weighted by Gasteiger charge is -2.37. The molecule has 0 radical (unpaired) electrons. The molecule has 146 valence electrons. The highest BCUT2D eigenvalue weighted by atomic mass is 16.5. The van der Waals surface area contributed by atoms with Crippen LogP contribution >= 0.6 is 0 Å². The van der Waals surface area contributed by atoms with Crippen molar-refractivity contribution in [2.24, 2.45) is 5.92 Å². The molecule has 0 aromatic carbocycles. The Morgan fingerprint density at radius 1 is 1.12 bits per heavy atom. The minimum absolute atomic E-state index is 0.00562. The number of piperazine rings is 1. The van der Waals surface area contributed by atoms with Crippen LogP contribution in [0.3, 0.4) is 0 Å². The molecule has 3 heterocycles. The van der Waals surface area contributed by atoms with Crippen LogP contribution < -0.4 is 5.56 Å². The summed E-state index contributed by atoms with van der Waals surface area (Å²) >= 11 is 0. The molecule has 1 aromatic rings. The Hall–Kier alpha value is -1.24. The van der Waals surface area contributed by atoms with Gasteiger partial charge in [0.1, 0.15) is 0 Å². The highest BCUT2D eigenvalue weighted by Crippen LogP contribution is 2.18. The van der Waals surface area contributed by atoms with Gasteiger partial charge in [0, 0.05) is 57.4 Å². The van der Waals surface area contributed by atoms with Gasteiger partial charge in [-0.1, -0.05) is 20.8 Å². The smallest absolute Gasteiger partial charge is 0.266 e.